The molecule has 1 aromatic carbocycles. The molecular weight excluding hydrogens is 210 g/mol. The molecule has 0 unspecified atom stereocenters. The molecule has 0 aliphatic rings. The Morgan fingerprint density at radius 3 is 2.20 bits per heavy atom. The van der Waals surface area contributed by atoms with Crippen molar-refractivity contribution in [3.8, 4) is 0 Å². The van der Waals surface area contributed by atoms with Crippen LogP contribution in [0.25, 0.3) is 0 Å². The number of hydrogen-bond acceptors (Lipinski definition) is 2. The van der Waals surface area contributed by atoms with Gasteiger partial charge in [0, 0.05) is 12.6 Å². The van der Waals surface area contributed by atoms with Crippen LogP contribution >= 0.6 is 12.4 Å². The first-order valence-corrected chi connectivity index (χ1v) is 5.08. The Balaban J connectivity index is 0.00000196. The zero-order valence-electron chi connectivity index (χ0n) is 9.36. The molecular formula is C12H20ClNO. The van der Waals surface area contributed by atoms with E-state index in [0.717, 1.165) is 12.8 Å². The van der Waals surface area contributed by atoms with Crippen molar-refractivity contribution in [3.63, 3.8) is 0 Å². The molecule has 1 rings (SSSR count). The fourth-order valence-electron chi connectivity index (χ4n) is 1.70. The van der Waals surface area contributed by atoms with Gasteiger partial charge in [-0.3, -0.25) is 0 Å². The largest absolute Gasteiger partial charge is 0.396 e. The molecule has 0 bridgehead atoms. The van der Waals surface area contributed by atoms with Crippen molar-refractivity contribution in [2.75, 3.05) is 6.61 Å². The van der Waals surface area contributed by atoms with Gasteiger partial charge >= 0.3 is 0 Å². The van der Waals surface area contributed by atoms with E-state index in [-0.39, 0.29) is 25.1 Å². The van der Waals surface area contributed by atoms with Crippen LogP contribution in [0.1, 0.15) is 35.6 Å². The highest BCUT2D eigenvalue weighted by atomic mass is 35.5. The molecule has 3 N–H and O–H groups in total. The van der Waals surface area contributed by atoms with Crippen molar-refractivity contribution >= 4 is 12.4 Å². The third kappa shape index (κ3) is 4.65. The number of hydrogen-bond donors (Lipinski definition) is 2. The second-order valence-electron chi connectivity index (χ2n) is 3.89. The lowest BCUT2D eigenvalue weighted by Crippen LogP contribution is -2.11. The lowest BCUT2D eigenvalue weighted by atomic mass is 9.99. The lowest BCUT2D eigenvalue weighted by Gasteiger charge is -2.12. The van der Waals surface area contributed by atoms with E-state index < -0.39 is 0 Å². The van der Waals surface area contributed by atoms with Crippen molar-refractivity contribution in [1.82, 2.24) is 0 Å². The molecule has 1 aromatic rings. The van der Waals surface area contributed by atoms with Crippen LogP contribution in [0.2, 0.25) is 0 Å². The van der Waals surface area contributed by atoms with Crippen LogP contribution in [0.5, 0.6) is 0 Å². The quantitative estimate of drug-likeness (QED) is 0.834. The highest BCUT2D eigenvalue weighted by Crippen LogP contribution is 2.18. The van der Waals surface area contributed by atoms with E-state index in [1.54, 1.807) is 0 Å². The number of halogens is 1. The fraction of sp³-hybridized carbons (Fsp3) is 0.500. The van der Waals surface area contributed by atoms with Gasteiger partial charge in [-0.25, -0.2) is 0 Å². The fourth-order valence-corrected chi connectivity index (χ4v) is 1.70. The molecule has 0 spiro atoms. The van der Waals surface area contributed by atoms with Crippen LogP contribution in [0.15, 0.2) is 18.2 Å². The molecule has 0 radical (unpaired) electrons. The molecule has 0 amide bonds. The monoisotopic (exact) mass is 229 g/mol. The molecule has 2 nitrogen and oxygen atoms in total. The summed E-state index contributed by atoms with van der Waals surface area (Å²) < 4.78 is 0. The zero-order valence-corrected chi connectivity index (χ0v) is 10.2. The highest BCUT2D eigenvalue weighted by molar-refractivity contribution is 5.85. The summed E-state index contributed by atoms with van der Waals surface area (Å²) in [6.45, 7) is 4.38. The molecule has 3 heteroatoms. The van der Waals surface area contributed by atoms with Crippen molar-refractivity contribution in [2.24, 2.45) is 5.73 Å². The average molecular weight is 230 g/mol. The summed E-state index contributed by atoms with van der Waals surface area (Å²) in [7, 11) is 0. The first-order chi connectivity index (χ1) is 6.63. The summed E-state index contributed by atoms with van der Waals surface area (Å²) in [6, 6.07) is 6.44. The lowest BCUT2D eigenvalue weighted by molar-refractivity contribution is 0.280. The number of rotatable bonds is 4. The van der Waals surface area contributed by atoms with E-state index in [1.165, 1.54) is 16.7 Å². The van der Waals surface area contributed by atoms with E-state index in [0.29, 0.717) is 0 Å². The maximum Gasteiger partial charge on any atom is 0.0431 e. The van der Waals surface area contributed by atoms with Gasteiger partial charge in [-0.15, -0.1) is 12.4 Å². The van der Waals surface area contributed by atoms with E-state index >= 15 is 0 Å². The van der Waals surface area contributed by atoms with Gasteiger partial charge in [0.05, 0.1) is 0 Å². The summed E-state index contributed by atoms with van der Waals surface area (Å²) in [4.78, 5) is 0. The number of benzene rings is 1. The molecule has 86 valence electrons. The molecule has 0 saturated carbocycles. The molecule has 0 fully saturated rings. The van der Waals surface area contributed by atoms with Gasteiger partial charge in [-0.1, -0.05) is 29.3 Å². The summed E-state index contributed by atoms with van der Waals surface area (Å²) in [5, 5.41) is 8.72. The van der Waals surface area contributed by atoms with Crippen molar-refractivity contribution in [2.45, 2.75) is 32.7 Å². The van der Waals surface area contributed by atoms with E-state index in [9.17, 15) is 0 Å². The maximum atomic E-state index is 8.72. The first-order valence-electron chi connectivity index (χ1n) is 5.08. The standard InChI is InChI=1S/C12H19NO.ClH/c1-9-6-10(2)8-11(7-9)12(13)4-3-5-14;/h6-8,12,14H,3-5,13H2,1-2H3;1H/t12-;/m1./s1. The van der Waals surface area contributed by atoms with Gasteiger partial charge in [0.1, 0.15) is 0 Å². The minimum atomic E-state index is 0. The number of aryl methyl sites for hydroxylation is 2. The summed E-state index contributed by atoms with van der Waals surface area (Å²) in [5.74, 6) is 0. The SMILES string of the molecule is Cc1cc(C)cc([C@H](N)CCCO)c1.Cl. The minimum Gasteiger partial charge on any atom is -0.396 e. The van der Waals surface area contributed by atoms with Crippen LogP contribution in [0, 0.1) is 13.8 Å². The topological polar surface area (TPSA) is 46.2 Å². The van der Waals surface area contributed by atoms with E-state index in [4.69, 9.17) is 10.8 Å². The van der Waals surface area contributed by atoms with Crippen LogP contribution < -0.4 is 5.73 Å². The summed E-state index contributed by atoms with van der Waals surface area (Å²) in [6.07, 6.45) is 1.62. The Hall–Kier alpha value is -0.570. The van der Waals surface area contributed by atoms with Crippen LogP contribution in [-0.2, 0) is 0 Å². The van der Waals surface area contributed by atoms with Crippen molar-refractivity contribution in [3.05, 3.63) is 34.9 Å². The van der Waals surface area contributed by atoms with Crippen molar-refractivity contribution in [1.29, 1.82) is 0 Å². The Kier molecular flexibility index (Phi) is 6.57. The Morgan fingerprint density at radius 1 is 1.20 bits per heavy atom. The molecule has 0 aliphatic carbocycles. The van der Waals surface area contributed by atoms with Crippen LogP contribution in [0.3, 0.4) is 0 Å². The van der Waals surface area contributed by atoms with Gasteiger partial charge in [-0.05, 0) is 32.3 Å². The average Bonchev–Trinajstić information content (AvgIpc) is 2.12. The van der Waals surface area contributed by atoms with Crippen LogP contribution in [-0.4, -0.2) is 11.7 Å². The number of aliphatic hydroxyl groups excluding tert-OH is 1. The highest BCUT2D eigenvalue weighted by Gasteiger charge is 2.06. The predicted molar refractivity (Wildman–Crippen MR) is 66.4 cm³/mol. The molecule has 0 aromatic heterocycles. The number of aliphatic hydroxyl groups is 1. The molecule has 1 atom stereocenters. The minimum absolute atomic E-state index is 0. The molecule has 0 saturated heterocycles. The Morgan fingerprint density at radius 2 is 1.73 bits per heavy atom. The Bertz CT molecular complexity index is 281. The van der Waals surface area contributed by atoms with Gasteiger partial charge in [-0.2, -0.15) is 0 Å². The Labute approximate surface area is 97.9 Å². The van der Waals surface area contributed by atoms with Gasteiger partial charge < -0.3 is 10.8 Å². The second-order valence-corrected chi connectivity index (χ2v) is 3.89. The molecule has 0 heterocycles. The summed E-state index contributed by atoms with van der Waals surface area (Å²) >= 11 is 0. The van der Waals surface area contributed by atoms with Gasteiger partial charge in [0.15, 0.2) is 0 Å². The smallest absolute Gasteiger partial charge is 0.0431 e. The van der Waals surface area contributed by atoms with Gasteiger partial charge in [0.2, 0.25) is 0 Å². The van der Waals surface area contributed by atoms with E-state index in [2.05, 4.69) is 32.0 Å². The third-order valence-corrected chi connectivity index (χ3v) is 2.35. The number of nitrogens with two attached hydrogens (primary N) is 1. The first kappa shape index (κ1) is 14.4. The van der Waals surface area contributed by atoms with Crippen molar-refractivity contribution < 1.29 is 5.11 Å². The predicted octanol–water partition coefficient (Wildman–Crippen LogP) is 2.50. The summed E-state index contributed by atoms with van der Waals surface area (Å²) in [5.41, 5.74) is 9.68. The second kappa shape index (κ2) is 6.83. The van der Waals surface area contributed by atoms with Gasteiger partial charge in [0.25, 0.3) is 0 Å². The van der Waals surface area contributed by atoms with Crippen LogP contribution in [0.4, 0.5) is 0 Å². The molecule has 15 heavy (non-hydrogen) atoms. The zero-order chi connectivity index (χ0) is 10.6. The normalized spacial score (nSPS) is 12.0. The molecule has 0 aliphatic heterocycles. The maximum absolute atomic E-state index is 8.72. The third-order valence-electron chi connectivity index (χ3n) is 2.35. The van der Waals surface area contributed by atoms with E-state index in [1.807, 2.05) is 0 Å².